The van der Waals surface area contributed by atoms with Gasteiger partial charge in [0.25, 0.3) is 5.91 Å². The molecule has 2 aromatic rings. The van der Waals surface area contributed by atoms with Crippen molar-refractivity contribution in [3.8, 4) is 5.75 Å². The molecule has 1 heterocycles. The van der Waals surface area contributed by atoms with Crippen LogP contribution < -0.4 is 15.4 Å². The Kier molecular flexibility index (Phi) is 6.62. The van der Waals surface area contributed by atoms with Crippen molar-refractivity contribution in [1.82, 2.24) is 5.32 Å². The molecule has 0 spiro atoms. The van der Waals surface area contributed by atoms with E-state index in [-0.39, 0.29) is 11.8 Å². The van der Waals surface area contributed by atoms with Crippen molar-refractivity contribution < 1.29 is 14.3 Å². The van der Waals surface area contributed by atoms with E-state index in [1.807, 2.05) is 42.6 Å². The van der Waals surface area contributed by atoms with E-state index in [1.165, 1.54) is 11.3 Å². The van der Waals surface area contributed by atoms with Crippen molar-refractivity contribution in [1.29, 1.82) is 0 Å². The van der Waals surface area contributed by atoms with Crippen LogP contribution in [0.2, 0.25) is 0 Å². The smallest absolute Gasteiger partial charge is 0.261 e. The molecule has 6 heteroatoms. The minimum Gasteiger partial charge on any atom is -0.494 e. The normalized spacial score (nSPS) is 10.1. The van der Waals surface area contributed by atoms with Crippen molar-refractivity contribution in [2.45, 2.75) is 19.8 Å². The number of carbonyl (C=O) groups is 2. The molecule has 122 valence electrons. The highest BCUT2D eigenvalue weighted by atomic mass is 32.1. The lowest BCUT2D eigenvalue weighted by molar-refractivity contribution is -0.116. The number of carbonyl (C=O) groups excluding carboxylic acids is 2. The fourth-order valence-electron chi connectivity index (χ4n) is 1.97. The van der Waals surface area contributed by atoms with Crippen molar-refractivity contribution in [3.63, 3.8) is 0 Å². The summed E-state index contributed by atoms with van der Waals surface area (Å²) in [6.07, 6.45) is 0.956. The summed E-state index contributed by atoms with van der Waals surface area (Å²) in [6, 6.07) is 10.9. The lowest BCUT2D eigenvalue weighted by Gasteiger charge is -2.07. The first-order chi connectivity index (χ1) is 11.2. The Morgan fingerprint density at radius 2 is 1.96 bits per heavy atom. The summed E-state index contributed by atoms with van der Waals surface area (Å²) in [5.74, 6) is 0.619. The number of amides is 2. The molecular weight excluding hydrogens is 312 g/mol. The lowest BCUT2D eigenvalue weighted by Crippen LogP contribution is -2.24. The fraction of sp³-hybridized carbons (Fsp3) is 0.294. The topological polar surface area (TPSA) is 67.4 Å². The van der Waals surface area contributed by atoms with Crippen molar-refractivity contribution >= 4 is 28.8 Å². The molecule has 0 saturated heterocycles. The lowest BCUT2D eigenvalue weighted by atomic mass is 10.2. The third-order valence-corrected chi connectivity index (χ3v) is 3.93. The molecule has 0 atom stereocenters. The van der Waals surface area contributed by atoms with Crippen LogP contribution in [0.4, 0.5) is 5.69 Å². The van der Waals surface area contributed by atoms with Gasteiger partial charge in [-0.2, -0.15) is 0 Å². The SMILES string of the molecule is CCOc1ccc(NC(=O)CCCNC(=O)c2cccs2)cc1. The standard InChI is InChI=1S/C17H20N2O3S/c1-2-22-14-9-7-13(8-10-14)19-16(20)6-3-11-18-17(21)15-5-4-12-23-15/h4-5,7-10,12H,2-3,6,11H2,1H3,(H,18,21)(H,19,20). The zero-order valence-electron chi connectivity index (χ0n) is 13.0. The van der Waals surface area contributed by atoms with E-state index < -0.39 is 0 Å². The van der Waals surface area contributed by atoms with Crippen LogP contribution in [0.5, 0.6) is 5.75 Å². The van der Waals surface area contributed by atoms with Crippen LogP contribution >= 0.6 is 11.3 Å². The first-order valence-corrected chi connectivity index (χ1v) is 8.41. The predicted octanol–water partition coefficient (Wildman–Crippen LogP) is 3.30. The summed E-state index contributed by atoms with van der Waals surface area (Å²) in [4.78, 5) is 24.2. The maximum absolute atomic E-state index is 11.8. The molecule has 0 saturated carbocycles. The fourth-order valence-corrected chi connectivity index (χ4v) is 2.61. The van der Waals surface area contributed by atoms with Gasteiger partial charge < -0.3 is 15.4 Å². The zero-order valence-corrected chi connectivity index (χ0v) is 13.8. The Morgan fingerprint density at radius 3 is 2.61 bits per heavy atom. The molecule has 23 heavy (non-hydrogen) atoms. The van der Waals surface area contributed by atoms with Crippen molar-refractivity contribution in [3.05, 3.63) is 46.7 Å². The summed E-state index contributed by atoms with van der Waals surface area (Å²) in [6.45, 7) is 3.02. The van der Waals surface area contributed by atoms with Crippen LogP contribution in [0.1, 0.15) is 29.4 Å². The van der Waals surface area contributed by atoms with Gasteiger partial charge in [-0.05, 0) is 49.1 Å². The van der Waals surface area contributed by atoms with E-state index in [4.69, 9.17) is 4.74 Å². The third-order valence-electron chi connectivity index (χ3n) is 3.06. The summed E-state index contributed by atoms with van der Waals surface area (Å²) in [7, 11) is 0. The minimum atomic E-state index is -0.0908. The molecule has 1 aromatic carbocycles. The van der Waals surface area contributed by atoms with E-state index in [9.17, 15) is 9.59 Å². The van der Waals surface area contributed by atoms with Crippen molar-refractivity contribution in [2.75, 3.05) is 18.5 Å². The van der Waals surface area contributed by atoms with Gasteiger partial charge >= 0.3 is 0 Å². The molecule has 5 nitrogen and oxygen atoms in total. The van der Waals surface area contributed by atoms with Gasteiger partial charge in [-0.25, -0.2) is 0 Å². The third kappa shape index (κ3) is 5.75. The van der Waals surface area contributed by atoms with Gasteiger partial charge in [0, 0.05) is 18.7 Å². The molecule has 2 rings (SSSR count). The number of thiophene rings is 1. The van der Waals surface area contributed by atoms with Crippen LogP contribution in [0.3, 0.4) is 0 Å². The van der Waals surface area contributed by atoms with Gasteiger partial charge in [0.05, 0.1) is 11.5 Å². The number of nitrogens with one attached hydrogen (secondary N) is 2. The molecule has 0 bridgehead atoms. The Labute approximate surface area is 139 Å². The Hall–Kier alpha value is -2.34. The average molecular weight is 332 g/mol. The summed E-state index contributed by atoms with van der Waals surface area (Å²) >= 11 is 1.40. The second kappa shape index (κ2) is 8.95. The van der Waals surface area contributed by atoms with Crippen LogP contribution in [0.15, 0.2) is 41.8 Å². The van der Waals surface area contributed by atoms with Gasteiger partial charge in [0.15, 0.2) is 0 Å². The Morgan fingerprint density at radius 1 is 1.17 bits per heavy atom. The molecular formula is C17H20N2O3S. The van der Waals surface area contributed by atoms with E-state index in [2.05, 4.69) is 10.6 Å². The Balaban J connectivity index is 1.66. The van der Waals surface area contributed by atoms with Crippen LogP contribution in [-0.2, 0) is 4.79 Å². The number of rotatable bonds is 8. The number of ether oxygens (including phenoxy) is 1. The molecule has 0 aliphatic rings. The number of benzene rings is 1. The van der Waals surface area contributed by atoms with Gasteiger partial charge in [-0.15, -0.1) is 11.3 Å². The van der Waals surface area contributed by atoms with Crippen LogP contribution in [-0.4, -0.2) is 25.0 Å². The molecule has 0 aliphatic heterocycles. The zero-order chi connectivity index (χ0) is 16.5. The summed E-state index contributed by atoms with van der Waals surface area (Å²) in [5, 5.41) is 7.48. The van der Waals surface area contributed by atoms with E-state index in [1.54, 1.807) is 6.07 Å². The van der Waals surface area contributed by atoms with Gasteiger partial charge in [-0.3, -0.25) is 9.59 Å². The maximum Gasteiger partial charge on any atom is 0.261 e. The second-order valence-corrected chi connectivity index (χ2v) is 5.79. The largest absolute Gasteiger partial charge is 0.494 e. The molecule has 2 amide bonds. The maximum atomic E-state index is 11.8. The first-order valence-electron chi connectivity index (χ1n) is 7.53. The average Bonchev–Trinajstić information content (AvgIpc) is 3.08. The van der Waals surface area contributed by atoms with E-state index in [0.29, 0.717) is 30.9 Å². The Bertz CT molecular complexity index is 624. The van der Waals surface area contributed by atoms with Gasteiger partial charge in [0.2, 0.25) is 5.91 Å². The molecule has 0 aliphatic carbocycles. The number of hydrogen-bond acceptors (Lipinski definition) is 4. The molecule has 0 fully saturated rings. The van der Waals surface area contributed by atoms with Crippen LogP contribution in [0.25, 0.3) is 0 Å². The highest BCUT2D eigenvalue weighted by Gasteiger charge is 2.06. The molecule has 0 unspecified atom stereocenters. The second-order valence-electron chi connectivity index (χ2n) is 4.84. The predicted molar refractivity (Wildman–Crippen MR) is 92.1 cm³/mol. The van der Waals surface area contributed by atoms with Gasteiger partial charge in [-0.1, -0.05) is 6.07 Å². The number of hydrogen-bond donors (Lipinski definition) is 2. The highest BCUT2D eigenvalue weighted by molar-refractivity contribution is 7.12. The first kappa shape index (κ1) is 17.0. The quantitative estimate of drug-likeness (QED) is 0.729. The summed E-state index contributed by atoms with van der Waals surface area (Å²) < 4.78 is 5.35. The van der Waals surface area contributed by atoms with Crippen LogP contribution in [0, 0.1) is 0 Å². The van der Waals surface area contributed by atoms with Gasteiger partial charge in [0.1, 0.15) is 5.75 Å². The monoisotopic (exact) mass is 332 g/mol. The number of anilines is 1. The molecule has 2 N–H and O–H groups in total. The molecule has 0 radical (unpaired) electrons. The minimum absolute atomic E-state index is 0.0699. The van der Waals surface area contributed by atoms with Crippen molar-refractivity contribution in [2.24, 2.45) is 0 Å². The van der Waals surface area contributed by atoms with E-state index in [0.717, 1.165) is 11.4 Å². The van der Waals surface area contributed by atoms with E-state index >= 15 is 0 Å². The summed E-state index contributed by atoms with van der Waals surface area (Å²) in [5.41, 5.74) is 0.737. The highest BCUT2D eigenvalue weighted by Crippen LogP contribution is 2.15. The molecule has 1 aromatic heterocycles.